The number of nitro groups is 1. The molecule has 3 rings (SSSR count). The highest BCUT2D eigenvalue weighted by Crippen LogP contribution is 2.36. The van der Waals surface area contributed by atoms with Crippen LogP contribution in [0.1, 0.15) is 22.0 Å². The molecule has 0 aliphatic carbocycles. The predicted molar refractivity (Wildman–Crippen MR) is 85.9 cm³/mol. The number of methoxy groups -OCH3 is 1. The van der Waals surface area contributed by atoms with Crippen LogP contribution < -0.4 is 10.1 Å². The van der Waals surface area contributed by atoms with E-state index in [2.05, 4.69) is 5.32 Å². The van der Waals surface area contributed by atoms with Gasteiger partial charge in [0.1, 0.15) is 11.8 Å². The van der Waals surface area contributed by atoms with E-state index in [0.717, 1.165) is 0 Å². The van der Waals surface area contributed by atoms with Crippen LogP contribution in [0, 0.1) is 10.1 Å². The maximum atomic E-state index is 12.5. The first-order chi connectivity index (χ1) is 11.0. The molecular weight excluding hydrogens is 320 g/mol. The van der Waals surface area contributed by atoms with E-state index in [1.165, 1.54) is 13.2 Å². The minimum absolute atomic E-state index is 0.279. The van der Waals surface area contributed by atoms with Gasteiger partial charge in [-0.2, -0.15) is 0 Å². The normalized spacial score (nSPS) is 19.7. The van der Waals surface area contributed by atoms with Crippen LogP contribution in [-0.4, -0.2) is 23.9 Å². The maximum absolute atomic E-state index is 12.5. The molecule has 0 aromatic heterocycles. The largest absolute Gasteiger partial charge is 0.497 e. The van der Waals surface area contributed by atoms with Gasteiger partial charge in [-0.3, -0.25) is 14.9 Å². The number of Topliss-reactive ketones (excluding diaryl/α,β-unsaturated/α-hetero) is 1. The van der Waals surface area contributed by atoms with Gasteiger partial charge in [-0.15, -0.1) is 0 Å². The molecule has 0 fully saturated rings. The van der Waals surface area contributed by atoms with Crippen molar-refractivity contribution in [2.24, 2.45) is 0 Å². The summed E-state index contributed by atoms with van der Waals surface area (Å²) in [5.74, 6) is 0.109. The lowest BCUT2D eigenvalue weighted by molar-refractivity contribution is -0.508. The number of rotatable bonds is 3. The number of ether oxygens (including phenoxy) is 1. The van der Waals surface area contributed by atoms with Crippen LogP contribution in [0.5, 0.6) is 5.75 Å². The van der Waals surface area contributed by atoms with Gasteiger partial charge in [0.05, 0.1) is 7.11 Å². The summed E-state index contributed by atoms with van der Waals surface area (Å²) in [6.45, 7) is 0. The van der Waals surface area contributed by atoms with Gasteiger partial charge in [0.2, 0.25) is 5.78 Å². The fourth-order valence-corrected chi connectivity index (χ4v) is 2.87. The zero-order valence-electron chi connectivity index (χ0n) is 12.2. The lowest BCUT2D eigenvalue weighted by Crippen LogP contribution is -2.43. The Bertz CT molecular complexity index is 776. The first-order valence-electron chi connectivity index (χ1n) is 6.89. The molecular formula is C16H13ClN2O4. The van der Waals surface area contributed by atoms with E-state index >= 15 is 0 Å². The highest BCUT2D eigenvalue weighted by Gasteiger charge is 2.44. The maximum Gasteiger partial charge on any atom is 0.298 e. The van der Waals surface area contributed by atoms with Crippen molar-refractivity contribution >= 4 is 23.1 Å². The molecule has 1 heterocycles. The number of benzene rings is 2. The van der Waals surface area contributed by atoms with Crippen LogP contribution in [0.25, 0.3) is 0 Å². The minimum atomic E-state index is -1.39. The average molecular weight is 333 g/mol. The molecule has 1 aliphatic heterocycles. The van der Waals surface area contributed by atoms with E-state index in [1.54, 1.807) is 36.4 Å². The van der Waals surface area contributed by atoms with Gasteiger partial charge in [-0.1, -0.05) is 23.7 Å². The van der Waals surface area contributed by atoms with E-state index in [1.807, 2.05) is 0 Å². The second kappa shape index (κ2) is 5.89. The number of carbonyl (C=O) groups excluding carboxylic acids is 1. The molecule has 2 aromatic carbocycles. The summed E-state index contributed by atoms with van der Waals surface area (Å²) in [5, 5.41) is 15.0. The Morgan fingerprint density at radius 3 is 2.52 bits per heavy atom. The molecule has 2 atom stereocenters. The molecule has 1 N–H and O–H groups in total. The lowest BCUT2D eigenvalue weighted by Gasteiger charge is -2.29. The van der Waals surface area contributed by atoms with Gasteiger partial charge in [0.25, 0.3) is 6.04 Å². The zero-order chi connectivity index (χ0) is 16.6. The molecule has 7 heteroatoms. The lowest BCUT2D eigenvalue weighted by atomic mass is 9.88. The molecule has 118 valence electrons. The molecule has 6 nitrogen and oxygen atoms in total. The van der Waals surface area contributed by atoms with Gasteiger partial charge in [0, 0.05) is 21.2 Å². The average Bonchev–Trinajstić information content (AvgIpc) is 2.54. The Balaban J connectivity index is 2.06. The van der Waals surface area contributed by atoms with Gasteiger partial charge in [0.15, 0.2) is 0 Å². The summed E-state index contributed by atoms with van der Waals surface area (Å²) >= 11 is 5.95. The highest BCUT2D eigenvalue weighted by atomic mass is 35.5. The number of fused-ring (bicyclic) bond motifs is 1. The quantitative estimate of drug-likeness (QED) is 0.688. The summed E-state index contributed by atoms with van der Waals surface area (Å²) in [6.07, 6.45) is 0. The van der Waals surface area contributed by atoms with Gasteiger partial charge < -0.3 is 10.1 Å². The number of halogens is 1. The van der Waals surface area contributed by atoms with E-state index in [4.69, 9.17) is 16.3 Å². The fraction of sp³-hybridized carbons (Fsp3) is 0.188. The topological polar surface area (TPSA) is 81.5 Å². The molecule has 0 saturated carbocycles. The molecule has 0 saturated heterocycles. The van der Waals surface area contributed by atoms with Crippen LogP contribution >= 0.6 is 11.6 Å². The van der Waals surface area contributed by atoms with E-state index in [0.29, 0.717) is 22.0 Å². The van der Waals surface area contributed by atoms with Crippen molar-refractivity contribution in [2.45, 2.75) is 12.1 Å². The highest BCUT2D eigenvalue weighted by molar-refractivity contribution is 6.31. The Labute approximate surface area is 137 Å². The number of carbonyl (C=O) groups is 1. The van der Waals surface area contributed by atoms with Crippen molar-refractivity contribution < 1.29 is 14.5 Å². The standard InChI is InChI=1S/C16H13ClN2O4/c1-23-11-5-2-9(3-6-11)14-15(19(21)22)16(20)12-7-4-10(17)8-13(12)18-14/h2-8,14-15,18H,1H3/t14-,15-/m1/s1. The second-order valence-corrected chi connectivity index (χ2v) is 5.62. The predicted octanol–water partition coefficient (Wildman–Crippen LogP) is 3.34. The van der Waals surface area contributed by atoms with Gasteiger partial charge in [-0.05, 0) is 35.9 Å². The summed E-state index contributed by atoms with van der Waals surface area (Å²) < 4.78 is 5.09. The Kier molecular flexibility index (Phi) is 3.92. The minimum Gasteiger partial charge on any atom is -0.497 e. The molecule has 0 bridgehead atoms. The number of anilines is 1. The van der Waals surface area contributed by atoms with Crippen LogP contribution in [0.4, 0.5) is 5.69 Å². The van der Waals surface area contributed by atoms with Crippen molar-refractivity contribution in [3.8, 4) is 5.75 Å². The van der Waals surface area contributed by atoms with Crippen molar-refractivity contribution in [1.29, 1.82) is 0 Å². The third-order valence-corrected chi connectivity index (χ3v) is 4.08. The third-order valence-electron chi connectivity index (χ3n) is 3.84. The summed E-state index contributed by atoms with van der Waals surface area (Å²) in [5.41, 5.74) is 1.41. The Morgan fingerprint density at radius 2 is 1.91 bits per heavy atom. The molecule has 0 spiro atoms. The number of nitrogens with one attached hydrogen (secondary N) is 1. The van der Waals surface area contributed by atoms with Gasteiger partial charge >= 0.3 is 0 Å². The Morgan fingerprint density at radius 1 is 1.22 bits per heavy atom. The summed E-state index contributed by atoms with van der Waals surface area (Å²) in [4.78, 5) is 23.4. The summed E-state index contributed by atoms with van der Waals surface area (Å²) in [6, 6.07) is 9.30. The molecule has 0 radical (unpaired) electrons. The molecule has 23 heavy (non-hydrogen) atoms. The van der Waals surface area contributed by atoms with Crippen molar-refractivity contribution in [3.05, 3.63) is 68.7 Å². The Hall–Kier alpha value is -2.60. The number of hydrogen-bond acceptors (Lipinski definition) is 5. The first-order valence-corrected chi connectivity index (χ1v) is 7.27. The zero-order valence-corrected chi connectivity index (χ0v) is 12.9. The smallest absolute Gasteiger partial charge is 0.298 e. The molecule has 2 aromatic rings. The van der Waals surface area contributed by atoms with Crippen LogP contribution in [0.15, 0.2) is 42.5 Å². The van der Waals surface area contributed by atoms with Crippen molar-refractivity contribution in [3.63, 3.8) is 0 Å². The van der Waals surface area contributed by atoms with Crippen LogP contribution in [-0.2, 0) is 0 Å². The first kappa shape index (κ1) is 15.3. The number of nitrogens with zero attached hydrogens (tertiary/aromatic N) is 1. The molecule has 1 aliphatic rings. The monoisotopic (exact) mass is 332 g/mol. The summed E-state index contributed by atoms with van der Waals surface area (Å²) in [7, 11) is 1.54. The van der Waals surface area contributed by atoms with E-state index in [9.17, 15) is 14.9 Å². The van der Waals surface area contributed by atoms with Crippen LogP contribution in [0.2, 0.25) is 5.02 Å². The molecule has 0 amide bonds. The molecule has 0 unspecified atom stereocenters. The van der Waals surface area contributed by atoms with E-state index in [-0.39, 0.29) is 5.56 Å². The fourth-order valence-electron chi connectivity index (χ4n) is 2.70. The number of ketones is 1. The third kappa shape index (κ3) is 2.73. The SMILES string of the molecule is COc1ccc([C@H]2Nc3cc(Cl)ccc3C(=O)[C@@H]2[N+](=O)[O-])cc1. The number of hydrogen-bond donors (Lipinski definition) is 1. The van der Waals surface area contributed by atoms with Crippen molar-refractivity contribution in [1.82, 2.24) is 0 Å². The van der Waals surface area contributed by atoms with E-state index < -0.39 is 22.8 Å². The van der Waals surface area contributed by atoms with Gasteiger partial charge in [-0.25, -0.2) is 0 Å². The van der Waals surface area contributed by atoms with Crippen LogP contribution in [0.3, 0.4) is 0 Å². The van der Waals surface area contributed by atoms with Crippen molar-refractivity contribution in [2.75, 3.05) is 12.4 Å². The second-order valence-electron chi connectivity index (χ2n) is 5.18.